The number of hydrogen-bond donors (Lipinski definition) is 0. The van der Waals surface area contributed by atoms with Gasteiger partial charge in [0.05, 0.1) is 6.20 Å². The number of rotatable bonds is 1. The Balaban J connectivity index is 2.25. The van der Waals surface area contributed by atoms with E-state index in [2.05, 4.69) is 28.7 Å². The summed E-state index contributed by atoms with van der Waals surface area (Å²) in [6.07, 6.45) is 1.56. The van der Waals surface area contributed by atoms with E-state index < -0.39 is 0 Å². The first kappa shape index (κ1) is 12.3. The van der Waals surface area contributed by atoms with Crippen LogP contribution in [-0.2, 0) is 0 Å². The molecule has 0 amide bonds. The third-order valence-corrected chi connectivity index (χ3v) is 4.09. The molecule has 2 atom stereocenters. The van der Waals surface area contributed by atoms with Crippen LogP contribution < -0.4 is 4.90 Å². The molecule has 16 heavy (non-hydrogen) atoms. The number of thioether (sulfide) groups is 1. The van der Waals surface area contributed by atoms with Gasteiger partial charge in [-0.3, -0.25) is 0 Å². The largest absolute Gasteiger partial charge is 0.353 e. The van der Waals surface area contributed by atoms with Crippen LogP contribution in [0.1, 0.15) is 13.8 Å². The molecule has 0 saturated carbocycles. The van der Waals surface area contributed by atoms with Gasteiger partial charge in [-0.05, 0) is 11.6 Å². The summed E-state index contributed by atoms with van der Waals surface area (Å²) >= 11 is 13.9. The molecule has 1 aliphatic heterocycles. The lowest BCUT2D eigenvalue weighted by molar-refractivity contribution is 0.717. The minimum atomic E-state index is 0.248. The number of anilines is 1. The van der Waals surface area contributed by atoms with Gasteiger partial charge in [-0.2, -0.15) is 16.7 Å². The lowest BCUT2D eigenvalue weighted by atomic mass is 10.3. The predicted molar refractivity (Wildman–Crippen MR) is 70.8 cm³/mol. The van der Waals surface area contributed by atoms with E-state index in [1.54, 1.807) is 6.20 Å². The Morgan fingerprint density at radius 1 is 1.31 bits per heavy atom. The van der Waals surface area contributed by atoms with Crippen LogP contribution in [0.25, 0.3) is 0 Å². The average molecular weight is 278 g/mol. The molecule has 0 radical (unpaired) electrons. The van der Waals surface area contributed by atoms with Gasteiger partial charge in [0.25, 0.3) is 0 Å². The topological polar surface area (TPSA) is 29.0 Å². The Kier molecular flexibility index (Phi) is 3.82. The summed E-state index contributed by atoms with van der Waals surface area (Å²) in [5, 5.41) is 1.97. The Hall–Kier alpha value is -0.190. The van der Waals surface area contributed by atoms with E-state index in [-0.39, 0.29) is 5.28 Å². The van der Waals surface area contributed by atoms with E-state index in [1.807, 2.05) is 11.8 Å². The van der Waals surface area contributed by atoms with Crippen molar-refractivity contribution in [1.82, 2.24) is 9.97 Å². The van der Waals surface area contributed by atoms with Gasteiger partial charge in [-0.25, -0.2) is 4.98 Å². The second-order valence-electron chi connectivity index (χ2n) is 3.97. The van der Waals surface area contributed by atoms with Crippen LogP contribution in [0.2, 0.25) is 10.3 Å². The Bertz CT molecular complexity index is 378. The molecule has 0 aliphatic carbocycles. The van der Waals surface area contributed by atoms with Gasteiger partial charge in [0.2, 0.25) is 5.28 Å². The van der Waals surface area contributed by atoms with Crippen molar-refractivity contribution in [3.8, 4) is 0 Å². The number of hydrogen-bond acceptors (Lipinski definition) is 4. The van der Waals surface area contributed by atoms with Crippen LogP contribution >= 0.6 is 35.0 Å². The predicted octanol–water partition coefficient (Wildman–Crippen LogP) is 3.11. The zero-order valence-corrected chi connectivity index (χ0v) is 11.5. The van der Waals surface area contributed by atoms with E-state index in [4.69, 9.17) is 23.2 Å². The van der Waals surface area contributed by atoms with Crippen LogP contribution in [0, 0.1) is 0 Å². The number of aromatic nitrogens is 2. The highest BCUT2D eigenvalue weighted by atomic mass is 35.5. The fraction of sp³-hybridized carbons (Fsp3) is 0.600. The van der Waals surface area contributed by atoms with Crippen LogP contribution in [0.4, 0.5) is 5.82 Å². The van der Waals surface area contributed by atoms with E-state index in [9.17, 15) is 0 Å². The van der Waals surface area contributed by atoms with E-state index in [0.29, 0.717) is 15.5 Å². The lowest BCUT2D eigenvalue weighted by Crippen LogP contribution is -2.41. The molecule has 0 N–H and O–H groups in total. The maximum atomic E-state index is 6.09. The van der Waals surface area contributed by atoms with Crippen LogP contribution in [0.3, 0.4) is 0 Å². The minimum absolute atomic E-state index is 0.248. The van der Waals surface area contributed by atoms with Gasteiger partial charge in [0.1, 0.15) is 5.02 Å². The van der Waals surface area contributed by atoms with Gasteiger partial charge < -0.3 is 4.90 Å². The van der Waals surface area contributed by atoms with Gasteiger partial charge in [0, 0.05) is 23.6 Å². The highest BCUT2D eigenvalue weighted by molar-refractivity contribution is 8.00. The van der Waals surface area contributed by atoms with Gasteiger partial charge in [0.15, 0.2) is 5.82 Å². The smallest absolute Gasteiger partial charge is 0.224 e. The van der Waals surface area contributed by atoms with Crippen molar-refractivity contribution in [3.05, 3.63) is 16.5 Å². The van der Waals surface area contributed by atoms with Crippen molar-refractivity contribution in [1.29, 1.82) is 0 Å². The molecule has 0 bridgehead atoms. The summed E-state index contributed by atoms with van der Waals surface area (Å²) in [6.45, 7) is 6.32. The second-order valence-corrected chi connectivity index (χ2v) is 6.60. The summed E-state index contributed by atoms with van der Waals surface area (Å²) in [5.74, 6) is 0.751. The maximum Gasteiger partial charge on any atom is 0.224 e. The molecule has 6 heteroatoms. The van der Waals surface area contributed by atoms with E-state index >= 15 is 0 Å². The molecule has 2 heterocycles. The van der Waals surface area contributed by atoms with Gasteiger partial charge in [-0.1, -0.05) is 25.4 Å². The molecule has 1 aromatic rings. The van der Waals surface area contributed by atoms with Crippen molar-refractivity contribution >= 4 is 40.8 Å². The van der Waals surface area contributed by atoms with Crippen LogP contribution in [0.15, 0.2) is 6.20 Å². The summed E-state index contributed by atoms with van der Waals surface area (Å²) in [7, 11) is 0. The fourth-order valence-corrected chi connectivity index (χ4v) is 3.57. The number of nitrogens with zero attached hydrogens (tertiary/aromatic N) is 3. The molecule has 3 nitrogen and oxygen atoms in total. The second kappa shape index (κ2) is 4.98. The lowest BCUT2D eigenvalue weighted by Gasteiger charge is -2.35. The van der Waals surface area contributed by atoms with Crippen molar-refractivity contribution in [2.45, 2.75) is 24.3 Å². The van der Waals surface area contributed by atoms with Gasteiger partial charge >= 0.3 is 0 Å². The molecule has 2 rings (SSSR count). The fourth-order valence-electron chi connectivity index (χ4n) is 1.91. The van der Waals surface area contributed by atoms with Crippen LogP contribution in [-0.4, -0.2) is 33.6 Å². The summed E-state index contributed by atoms with van der Waals surface area (Å²) < 4.78 is 0. The van der Waals surface area contributed by atoms with Crippen molar-refractivity contribution < 1.29 is 0 Å². The molecular weight excluding hydrogens is 265 g/mol. The number of halogens is 2. The minimum Gasteiger partial charge on any atom is -0.353 e. The summed E-state index contributed by atoms with van der Waals surface area (Å²) in [6, 6.07) is 0. The van der Waals surface area contributed by atoms with Crippen molar-refractivity contribution in [2.24, 2.45) is 0 Å². The monoisotopic (exact) mass is 277 g/mol. The van der Waals surface area contributed by atoms with E-state index in [0.717, 1.165) is 18.9 Å². The molecule has 0 spiro atoms. The first-order chi connectivity index (χ1) is 7.56. The standard InChI is InChI=1S/C10H13Cl2N3S/c1-6-4-15(5-7(2)16-6)9-8(11)3-13-10(12)14-9/h3,6-7H,4-5H2,1-2H3. The Morgan fingerprint density at radius 2 is 1.94 bits per heavy atom. The summed E-state index contributed by atoms with van der Waals surface area (Å²) in [5.41, 5.74) is 0. The Labute approximate surface area is 110 Å². The normalized spacial score (nSPS) is 25.9. The molecule has 0 aromatic carbocycles. The molecular formula is C10H13Cl2N3S. The molecule has 2 unspecified atom stereocenters. The first-order valence-electron chi connectivity index (χ1n) is 5.14. The van der Waals surface area contributed by atoms with Crippen molar-refractivity contribution in [3.63, 3.8) is 0 Å². The molecule has 1 aromatic heterocycles. The third kappa shape index (κ3) is 2.73. The van der Waals surface area contributed by atoms with Crippen molar-refractivity contribution in [2.75, 3.05) is 18.0 Å². The molecule has 88 valence electrons. The quantitative estimate of drug-likeness (QED) is 0.738. The Morgan fingerprint density at radius 3 is 2.56 bits per heavy atom. The third-order valence-electron chi connectivity index (χ3n) is 2.42. The zero-order valence-electron chi connectivity index (χ0n) is 9.15. The highest BCUT2D eigenvalue weighted by Gasteiger charge is 2.24. The average Bonchev–Trinajstić information content (AvgIpc) is 2.20. The van der Waals surface area contributed by atoms with Crippen LogP contribution in [0.5, 0.6) is 0 Å². The van der Waals surface area contributed by atoms with Gasteiger partial charge in [-0.15, -0.1) is 0 Å². The molecule has 1 aliphatic rings. The SMILES string of the molecule is CC1CN(c2nc(Cl)ncc2Cl)CC(C)S1. The van der Waals surface area contributed by atoms with E-state index in [1.165, 1.54) is 0 Å². The first-order valence-corrected chi connectivity index (χ1v) is 6.84. The summed E-state index contributed by atoms with van der Waals surface area (Å²) in [4.78, 5) is 10.2. The molecule has 1 fully saturated rings. The maximum absolute atomic E-state index is 6.09. The zero-order chi connectivity index (χ0) is 11.7. The molecule has 1 saturated heterocycles. The highest BCUT2D eigenvalue weighted by Crippen LogP contribution is 2.31.